The Morgan fingerprint density at radius 1 is 1.08 bits per heavy atom. The van der Waals surface area contributed by atoms with Crippen LogP contribution in [0.2, 0.25) is 0 Å². The summed E-state index contributed by atoms with van der Waals surface area (Å²) in [7, 11) is 0. The highest BCUT2D eigenvalue weighted by atomic mass is 35.5. The normalized spacial score (nSPS) is 44.1. The average Bonchev–Trinajstić information content (AvgIpc) is 2.06. The SMILES string of the molecule is CC1(C)CC2CCCCC2CC1Cl. The van der Waals surface area contributed by atoms with Crippen molar-refractivity contribution in [1.82, 2.24) is 0 Å². The fraction of sp³-hybridized carbons (Fsp3) is 1.00. The van der Waals surface area contributed by atoms with Gasteiger partial charge >= 0.3 is 0 Å². The fourth-order valence-electron chi connectivity index (χ4n) is 3.25. The van der Waals surface area contributed by atoms with Crippen molar-refractivity contribution in [3.05, 3.63) is 0 Å². The van der Waals surface area contributed by atoms with E-state index in [1.807, 2.05) is 0 Å². The van der Waals surface area contributed by atoms with E-state index >= 15 is 0 Å². The van der Waals surface area contributed by atoms with E-state index in [1.54, 1.807) is 0 Å². The number of hydrogen-bond acceptors (Lipinski definition) is 0. The van der Waals surface area contributed by atoms with Crippen LogP contribution in [0.4, 0.5) is 0 Å². The number of hydrogen-bond donors (Lipinski definition) is 0. The van der Waals surface area contributed by atoms with Crippen molar-refractivity contribution >= 4 is 11.6 Å². The molecule has 2 aliphatic rings. The van der Waals surface area contributed by atoms with Gasteiger partial charge in [0.2, 0.25) is 0 Å². The molecule has 3 unspecified atom stereocenters. The molecule has 0 nitrogen and oxygen atoms in total. The molecule has 0 radical (unpaired) electrons. The van der Waals surface area contributed by atoms with Gasteiger partial charge < -0.3 is 0 Å². The van der Waals surface area contributed by atoms with Gasteiger partial charge in [-0.3, -0.25) is 0 Å². The summed E-state index contributed by atoms with van der Waals surface area (Å²) in [4.78, 5) is 0. The van der Waals surface area contributed by atoms with Crippen molar-refractivity contribution in [1.29, 1.82) is 0 Å². The molecule has 0 heterocycles. The highest BCUT2D eigenvalue weighted by Crippen LogP contribution is 2.49. The number of fused-ring (bicyclic) bond motifs is 1. The van der Waals surface area contributed by atoms with E-state index in [0.717, 1.165) is 11.8 Å². The molecule has 0 aromatic heterocycles. The number of alkyl halides is 1. The van der Waals surface area contributed by atoms with Gasteiger partial charge in [0.25, 0.3) is 0 Å². The highest BCUT2D eigenvalue weighted by Gasteiger charge is 2.41. The van der Waals surface area contributed by atoms with Crippen molar-refractivity contribution in [2.24, 2.45) is 17.3 Å². The first-order valence-electron chi connectivity index (χ1n) is 5.74. The van der Waals surface area contributed by atoms with Crippen LogP contribution in [0.15, 0.2) is 0 Å². The Balaban J connectivity index is 2.05. The summed E-state index contributed by atoms with van der Waals surface area (Å²) in [5, 5.41) is 0.423. The molecule has 2 fully saturated rings. The number of rotatable bonds is 0. The van der Waals surface area contributed by atoms with Crippen LogP contribution < -0.4 is 0 Å². The van der Waals surface area contributed by atoms with E-state index < -0.39 is 0 Å². The van der Waals surface area contributed by atoms with E-state index in [2.05, 4.69) is 13.8 Å². The minimum Gasteiger partial charge on any atom is -0.122 e. The maximum absolute atomic E-state index is 6.43. The van der Waals surface area contributed by atoms with Gasteiger partial charge in [-0.1, -0.05) is 39.5 Å². The van der Waals surface area contributed by atoms with Crippen LogP contribution in [0.25, 0.3) is 0 Å². The largest absolute Gasteiger partial charge is 0.122 e. The van der Waals surface area contributed by atoms with Crippen molar-refractivity contribution in [3.63, 3.8) is 0 Å². The zero-order valence-corrected chi connectivity index (χ0v) is 9.61. The van der Waals surface area contributed by atoms with Gasteiger partial charge in [0, 0.05) is 5.38 Å². The molecular weight excluding hydrogens is 180 g/mol. The van der Waals surface area contributed by atoms with Crippen LogP contribution in [0.3, 0.4) is 0 Å². The van der Waals surface area contributed by atoms with Crippen LogP contribution >= 0.6 is 11.6 Å². The summed E-state index contributed by atoms with van der Waals surface area (Å²) in [5.74, 6) is 1.96. The Labute approximate surface area is 87.0 Å². The summed E-state index contributed by atoms with van der Waals surface area (Å²) >= 11 is 6.43. The lowest BCUT2D eigenvalue weighted by Crippen LogP contribution is -2.39. The third-order valence-electron chi connectivity index (χ3n) is 4.21. The summed E-state index contributed by atoms with van der Waals surface area (Å²) in [6.07, 6.45) is 8.47. The molecule has 0 aromatic carbocycles. The predicted octanol–water partition coefficient (Wildman–Crippen LogP) is 4.22. The van der Waals surface area contributed by atoms with Gasteiger partial charge in [0.05, 0.1) is 0 Å². The van der Waals surface area contributed by atoms with Crippen LogP contribution in [-0.4, -0.2) is 5.38 Å². The van der Waals surface area contributed by atoms with Crippen LogP contribution in [-0.2, 0) is 0 Å². The van der Waals surface area contributed by atoms with E-state index in [-0.39, 0.29) is 0 Å². The molecule has 2 saturated carbocycles. The zero-order chi connectivity index (χ0) is 9.47. The van der Waals surface area contributed by atoms with E-state index in [4.69, 9.17) is 11.6 Å². The molecule has 0 bridgehead atoms. The lowest BCUT2D eigenvalue weighted by Gasteiger charge is -2.46. The molecule has 3 atom stereocenters. The quantitative estimate of drug-likeness (QED) is 0.514. The summed E-state index contributed by atoms with van der Waals surface area (Å²) in [5.41, 5.74) is 0.389. The second-order valence-corrected chi connectivity index (χ2v) is 6.23. The third-order valence-corrected chi connectivity index (χ3v) is 4.98. The second kappa shape index (κ2) is 3.46. The van der Waals surface area contributed by atoms with Crippen molar-refractivity contribution in [2.45, 2.75) is 57.7 Å². The Morgan fingerprint density at radius 2 is 1.69 bits per heavy atom. The van der Waals surface area contributed by atoms with E-state index in [0.29, 0.717) is 10.8 Å². The minimum atomic E-state index is 0.389. The zero-order valence-electron chi connectivity index (χ0n) is 8.85. The molecule has 13 heavy (non-hydrogen) atoms. The van der Waals surface area contributed by atoms with E-state index in [9.17, 15) is 0 Å². The van der Waals surface area contributed by atoms with Crippen LogP contribution in [0.5, 0.6) is 0 Å². The van der Waals surface area contributed by atoms with Crippen molar-refractivity contribution in [2.75, 3.05) is 0 Å². The Kier molecular flexibility index (Phi) is 2.61. The minimum absolute atomic E-state index is 0.389. The van der Waals surface area contributed by atoms with Crippen LogP contribution in [0, 0.1) is 17.3 Å². The van der Waals surface area contributed by atoms with Gasteiger partial charge in [0.15, 0.2) is 0 Å². The fourth-order valence-corrected chi connectivity index (χ4v) is 3.57. The van der Waals surface area contributed by atoms with E-state index in [1.165, 1.54) is 38.5 Å². The van der Waals surface area contributed by atoms with Crippen molar-refractivity contribution < 1.29 is 0 Å². The molecule has 0 aliphatic heterocycles. The topological polar surface area (TPSA) is 0 Å². The summed E-state index contributed by atoms with van der Waals surface area (Å²) in [6.45, 7) is 4.69. The first-order valence-corrected chi connectivity index (χ1v) is 6.17. The average molecular weight is 201 g/mol. The summed E-state index contributed by atoms with van der Waals surface area (Å²) in [6, 6.07) is 0. The van der Waals surface area contributed by atoms with Gasteiger partial charge in [-0.25, -0.2) is 0 Å². The van der Waals surface area contributed by atoms with Gasteiger partial charge in [-0.15, -0.1) is 11.6 Å². The highest BCUT2D eigenvalue weighted by molar-refractivity contribution is 6.21. The molecule has 0 aromatic rings. The standard InChI is InChI=1S/C12H21Cl/c1-12(2)8-10-6-4-3-5-9(10)7-11(12)13/h9-11H,3-8H2,1-2H3. The lowest BCUT2D eigenvalue weighted by molar-refractivity contribution is 0.0877. The first kappa shape index (κ1) is 9.83. The summed E-state index contributed by atoms with van der Waals surface area (Å²) < 4.78 is 0. The van der Waals surface area contributed by atoms with Gasteiger partial charge in [-0.05, 0) is 30.1 Å². The molecule has 1 heteroatoms. The molecule has 2 rings (SSSR count). The van der Waals surface area contributed by atoms with Crippen molar-refractivity contribution in [3.8, 4) is 0 Å². The maximum atomic E-state index is 6.43. The molecule has 0 spiro atoms. The Hall–Kier alpha value is 0.290. The van der Waals surface area contributed by atoms with Gasteiger partial charge in [0.1, 0.15) is 0 Å². The second-order valence-electron chi connectivity index (χ2n) is 5.70. The molecule has 0 amide bonds. The first-order chi connectivity index (χ1) is 6.09. The van der Waals surface area contributed by atoms with Gasteiger partial charge in [-0.2, -0.15) is 0 Å². The smallest absolute Gasteiger partial charge is 0.0389 e. The number of halogens is 1. The Bertz CT molecular complexity index is 186. The van der Waals surface area contributed by atoms with Crippen LogP contribution in [0.1, 0.15) is 52.4 Å². The monoisotopic (exact) mass is 200 g/mol. The Morgan fingerprint density at radius 3 is 2.38 bits per heavy atom. The third kappa shape index (κ3) is 1.88. The lowest BCUT2D eigenvalue weighted by atomic mass is 9.62. The predicted molar refractivity (Wildman–Crippen MR) is 58.1 cm³/mol. The molecule has 76 valence electrons. The molecule has 2 aliphatic carbocycles. The molecule has 0 saturated heterocycles. The molecule has 0 N–H and O–H groups in total. The molecular formula is C12H21Cl. The maximum Gasteiger partial charge on any atom is 0.0389 e.